The van der Waals surface area contributed by atoms with E-state index in [-0.39, 0.29) is 11.4 Å². The predicted molar refractivity (Wildman–Crippen MR) is 66.5 cm³/mol. The standard InChI is InChI=1S/C14H19NO2/c1-13(10-15)8-14(9-13,12(16)17-2)11-6-4-3-5-7-11/h3-7H,8-10,15H2,1-2H3. The van der Waals surface area contributed by atoms with Gasteiger partial charge in [-0.25, -0.2) is 0 Å². The quantitative estimate of drug-likeness (QED) is 0.811. The number of benzene rings is 1. The first-order valence-corrected chi connectivity index (χ1v) is 5.90. The second-order valence-electron chi connectivity index (χ2n) is 5.31. The Morgan fingerprint density at radius 1 is 1.35 bits per heavy atom. The molecule has 1 aromatic carbocycles. The molecule has 0 bridgehead atoms. The Morgan fingerprint density at radius 3 is 2.41 bits per heavy atom. The Balaban J connectivity index is 2.33. The summed E-state index contributed by atoms with van der Waals surface area (Å²) in [6, 6.07) is 9.85. The first kappa shape index (κ1) is 12.1. The molecule has 0 atom stereocenters. The Hall–Kier alpha value is -1.35. The molecule has 0 aliphatic heterocycles. The third-order valence-corrected chi connectivity index (χ3v) is 3.85. The number of hydrogen-bond donors (Lipinski definition) is 1. The number of nitrogens with two attached hydrogens (primary N) is 1. The number of carbonyl (C=O) groups excluding carboxylic acids is 1. The highest BCUT2D eigenvalue weighted by Gasteiger charge is 2.57. The first-order valence-electron chi connectivity index (χ1n) is 5.90. The first-order chi connectivity index (χ1) is 8.06. The van der Waals surface area contributed by atoms with Gasteiger partial charge < -0.3 is 10.5 Å². The lowest BCUT2D eigenvalue weighted by Crippen LogP contribution is -2.56. The van der Waals surface area contributed by atoms with Crippen molar-refractivity contribution >= 4 is 5.97 Å². The largest absolute Gasteiger partial charge is 0.468 e. The van der Waals surface area contributed by atoms with Gasteiger partial charge >= 0.3 is 5.97 Å². The molecule has 17 heavy (non-hydrogen) atoms. The predicted octanol–water partition coefficient (Wildman–Crippen LogP) is 1.86. The van der Waals surface area contributed by atoms with Gasteiger partial charge in [0.15, 0.2) is 0 Å². The molecule has 2 N–H and O–H groups in total. The van der Waals surface area contributed by atoms with Crippen molar-refractivity contribution in [3.8, 4) is 0 Å². The smallest absolute Gasteiger partial charge is 0.316 e. The van der Waals surface area contributed by atoms with Crippen LogP contribution in [0, 0.1) is 5.41 Å². The van der Waals surface area contributed by atoms with Gasteiger partial charge in [-0.2, -0.15) is 0 Å². The molecule has 1 fully saturated rings. The third-order valence-electron chi connectivity index (χ3n) is 3.85. The zero-order valence-corrected chi connectivity index (χ0v) is 10.4. The third kappa shape index (κ3) is 1.84. The monoisotopic (exact) mass is 233 g/mol. The zero-order chi connectivity index (χ0) is 12.5. The van der Waals surface area contributed by atoms with E-state index in [1.807, 2.05) is 30.3 Å². The van der Waals surface area contributed by atoms with E-state index in [2.05, 4.69) is 6.92 Å². The van der Waals surface area contributed by atoms with E-state index >= 15 is 0 Å². The van der Waals surface area contributed by atoms with Crippen molar-refractivity contribution in [2.75, 3.05) is 13.7 Å². The average Bonchev–Trinajstić information content (AvgIpc) is 2.35. The van der Waals surface area contributed by atoms with Gasteiger partial charge in [-0.3, -0.25) is 4.79 Å². The van der Waals surface area contributed by atoms with Crippen LogP contribution in [0.5, 0.6) is 0 Å². The van der Waals surface area contributed by atoms with Crippen LogP contribution in [-0.2, 0) is 14.9 Å². The number of esters is 1. The Kier molecular flexibility index (Phi) is 2.96. The topological polar surface area (TPSA) is 52.3 Å². The van der Waals surface area contributed by atoms with Crippen LogP contribution in [0.1, 0.15) is 25.3 Å². The molecule has 2 rings (SSSR count). The average molecular weight is 233 g/mol. The van der Waals surface area contributed by atoms with Gasteiger partial charge in [-0.1, -0.05) is 37.3 Å². The van der Waals surface area contributed by atoms with E-state index in [1.54, 1.807) is 0 Å². The van der Waals surface area contributed by atoms with Crippen molar-refractivity contribution in [1.82, 2.24) is 0 Å². The van der Waals surface area contributed by atoms with Crippen molar-refractivity contribution in [1.29, 1.82) is 0 Å². The molecule has 0 saturated heterocycles. The number of methoxy groups -OCH3 is 1. The van der Waals surface area contributed by atoms with Gasteiger partial charge in [0.1, 0.15) is 0 Å². The summed E-state index contributed by atoms with van der Waals surface area (Å²) >= 11 is 0. The van der Waals surface area contributed by atoms with Crippen molar-refractivity contribution in [3.05, 3.63) is 35.9 Å². The molecule has 0 unspecified atom stereocenters. The van der Waals surface area contributed by atoms with Crippen molar-refractivity contribution < 1.29 is 9.53 Å². The molecule has 0 spiro atoms. The highest BCUT2D eigenvalue weighted by Crippen LogP contribution is 2.55. The maximum absolute atomic E-state index is 12.1. The fourth-order valence-electron chi connectivity index (χ4n) is 2.97. The van der Waals surface area contributed by atoms with Crippen LogP contribution < -0.4 is 5.73 Å². The van der Waals surface area contributed by atoms with Gasteiger partial charge in [0.05, 0.1) is 12.5 Å². The fraction of sp³-hybridized carbons (Fsp3) is 0.500. The summed E-state index contributed by atoms with van der Waals surface area (Å²) in [5, 5.41) is 0. The molecule has 1 saturated carbocycles. The van der Waals surface area contributed by atoms with Crippen LogP contribution in [0.4, 0.5) is 0 Å². The minimum Gasteiger partial charge on any atom is -0.468 e. The molecule has 1 aromatic rings. The van der Waals surface area contributed by atoms with Crippen LogP contribution in [0.25, 0.3) is 0 Å². The summed E-state index contributed by atoms with van der Waals surface area (Å²) in [5.41, 5.74) is 6.37. The van der Waals surface area contributed by atoms with E-state index in [1.165, 1.54) is 7.11 Å². The summed E-state index contributed by atoms with van der Waals surface area (Å²) < 4.78 is 4.97. The van der Waals surface area contributed by atoms with E-state index in [9.17, 15) is 4.79 Å². The molecule has 1 aliphatic carbocycles. The summed E-state index contributed by atoms with van der Waals surface area (Å²) in [7, 11) is 1.45. The zero-order valence-electron chi connectivity index (χ0n) is 10.4. The van der Waals surface area contributed by atoms with Crippen LogP contribution >= 0.6 is 0 Å². The van der Waals surface area contributed by atoms with Crippen molar-refractivity contribution in [2.45, 2.75) is 25.2 Å². The number of hydrogen-bond acceptors (Lipinski definition) is 3. The fourth-order valence-corrected chi connectivity index (χ4v) is 2.97. The maximum atomic E-state index is 12.1. The van der Waals surface area contributed by atoms with Gasteiger partial charge in [0.25, 0.3) is 0 Å². The lowest BCUT2D eigenvalue weighted by molar-refractivity contribution is -0.157. The molecule has 0 heterocycles. The van der Waals surface area contributed by atoms with Gasteiger partial charge in [0, 0.05) is 0 Å². The summed E-state index contributed by atoms with van der Waals surface area (Å²) in [4.78, 5) is 12.1. The van der Waals surface area contributed by atoms with Gasteiger partial charge in [-0.05, 0) is 30.4 Å². The van der Waals surface area contributed by atoms with Crippen LogP contribution in [-0.4, -0.2) is 19.6 Å². The molecule has 3 heteroatoms. The summed E-state index contributed by atoms with van der Waals surface area (Å²) in [6.07, 6.45) is 1.54. The number of carbonyl (C=O) groups is 1. The molecule has 1 aliphatic rings. The normalized spacial score (nSPS) is 31.7. The van der Waals surface area contributed by atoms with Crippen molar-refractivity contribution in [2.24, 2.45) is 11.1 Å². The van der Waals surface area contributed by atoms with Gasteiger partial charge in [-0.15, -0.1) is 0 Å². The Morgan fingerprint density at radius 2 is 1.94 bits per heavy atom. The second kappa shape index (κ2) is 4.15. The van der Waals surface area contributed by atoms with Crippen LogP contribution in [0.3, 0.4) is 0 Å². The Labute approximate surface area is 102 Å². The molecule has 3 nitrogen and oxygen atoms in total. The van der Waals surface area contributed by atoms with E-state index < -0.39 is 5.41 Å². The molecular weight excluding hydrogens is 214 g/mol. The lowest BCUT2D eigenvalue weighted by Gasteiger charge is -2.52. The van der Waals surface area contributed by atoms with Crippen LogP contribution in [0.2, 0.25) is 0 Å². The van der Waals surface area contributed by atoms with E-state index in [0.29, 0.717) is 6.54 Å². The highest BCUT2D eigenvalue weighted by atomic mass is 16.5. The van der Waals surface area contributed by atoms with Gasteiger partial charge in [0.2, 0.25) is 0 Å². The van der Waals surface area contributed by atoms with E-state index in [0.717, 1.165) is 18.4 Å². The molecular formula is C14H19NO2. The lowest BCUT2D eigenvalue weighted by atomic mass is 9.51. The van der Waals surface area contributed by atoms with Crippen molar-refractivity contribution in [3.63, 3.8) is 0 Å². The maximum Gasteiger partial charge on any atom is 0.316 e. The Bertz CT molecular complexity index is 407. The van der Waals surface area contributed by atoms with E-state index in [4.69, 9.17) is 10.5 Å². The number of ether oxygens (including phenoxy) is 1. The minimum absolute atomic E-state index is 0.0596. The molecule has 0 aromatic heterocycles. The summed E-state index contributed by atoms with van der Waals surface area (Å²) in [6.45, 7) is 2.73. The molecule has 0 radical (unpaired) electrons. The summed E-state index contributed by atoms with van der Waals surface area (Å²) in [5.74, 6) is -0.144. The number of rotatable bonds is 3. The second-order valence-corrected chi connectivity index (χ2v) is 5.31. The molecule has 92 valence electrons. The molecule has 0 amide bonds. The highest BCUT2D eigenvalue weighted by molar-refractivity contribution is 5.84. The van der Waals surface area contributed by atoms with Crippen LogP contribution in [0.15, 0.2) is 30.3 Å². The SMILES string of the molecule is COC(=O)C1(c2ccccc2)CC(C)(CN)C1. The minimum atomic E-state index is -0.482.